The smallest absolute Gasteiger partial charge is 0.134 e. The predicted molar refractivity (Wildman–Crippen MR) is 72.9 cm³/mol. The van der Waals surface area contributed by atoms with Crippen LogP contribution in [-0.2, 0) is 0 Å². The highest BCUT2D eigenvalue weighted by atomic mass is 79.9. The van der Waals surface area contributed by atoms with Crippen LogP contribution in [0.25, 0.3) is 0 Å². The summed E-state index contributed by atoms with van der Waals surface area (Å²) < 4.78 is 6.54. The summed E-state index contributed by atoms with van der Waals surface area (Å²) in [6.07, 6.45) is 7.85. The maximum atomic E-state index is 5.47. The lowest BCUT2D eigenvalue weighted by Gasteiger charge is -2.18. The first-order valence-electron chi connectivity index (χ1n) is 5.72. The van der Waals surface area contributed by atoms with E-state index in [1.807, 2.05) is 17.8 Å². The number of nitrogens with one attached hydrogen (secondary N) is 1. The maximum Gasteiger partial charge on any atom is 0.134 e. The Morgan fingerprint density at radius 3 is 2.94 bits per heavy atom. The first-order chi connectivity index (χ1) is 7.70. The fraction of sp³-hybridized carbons (Fsp3) is 0.667. The normalized spacial score (nSPS) is 27.2. The first kappa shape index (κ1) is 12.5. The molecule has 2 rings (SSSR count). The van der Waals surface area contributed by atoms with E-state index in [0.717, 1.165) is 15.5 Å². The summed E-state index contributed by atoms with van der Waals surface area (Å²) >= 11 is 5.50. The molecule has 1 fully saturated rings. The van der Waals surface area contributed by atoms with Gasteiger partial charge in [-0.1, -0.05) is 0 Å². The van der Waals surface area contributed by atoms with Crippen LogP contribution in [0.2, 0.25) is 0 Å². The van der Waals surface area contributed by atoms with Crippen LogP contribution in [-0.4, -0.2) is 17.5 Å². The summed E-state index contributed by atoms with van der Waals surface area (Å²) in [5.41, 5.74) is 0. The molecule has 4 heteroatoms. The molecule has 1 N–H and O–H groups in total. The molecule has 0 saturated heterocycles. The second-order valence-electron chi connectivity index (χ2n) is 4.39. The minimum absolute atomic E-state index is 0.287. The van der Waals surface area contributed by atoms with Gasteiger partial charge in [-0.3, -0.25) is 0 Å². The van der Waals surface area contributed by atoms with Crippen LogP contribution in [0.15, 0.2) is 21.2 Å². The third-order valence-electron chi connectivity index (χ3n) is 3.24. The van der Waals surface area contributed by atoms with Crippen molar-refractivity contribution in [2.24, 2.45) is 0 Å². The molecule has 0 bridgehead atoms. The van der Waals surface area contributed by atoms with Crippen LogP contribution < -0.4 is 5.32 Å². The Balaban J connectivity index is 1.89. The van der Waals surface area contributed by atoms with Gasteiger partial charge in [-0.15, -0.1) is 0 Å². The van der Waals surface area contributed by atoms with E-state index < -0.39 is 0 Å². The number of hydrogen-bond donors (Lipinski definition) is 1. The Hall–Kier alpha value is 0.0700. The van der Waals surface area contributed by atoms with Gasteiger partial charge < -0.3 is 9.73 Å². The highest BCUT2D eigenvalue weighted by molar-refractivity contribution is 9.10. The molecule has 16 heavy (non-hydrogen) atoms. The minimum atomic E-state index is 0.287. The Morgan fingerprint density at radius 2 is 2.38 bits per heavy atom. The third kappa shape index (κ3) is 2.84. The van der Waals surface area contributed by atoms with Crippen molar-refractivity contribution in [3.8, 4) is 0 Å². The molecule has 0 aromatic carbocycles. The van der Waals surface area contributed by atoms with E-state index >= 15 is 0 Å². The Kier molecular flexibility index (Phi) is 4.39. The van der Waals surface area contributed by atoms with E-state index in [0.29, 0.717) is 6.04 Å². The molecule has 90 valence electrons. The fourth-order valence-corrected chi connectivity index (χ4v) is 3.69. The number of rotatable bonds is 4. The van der Waals surface area contributed by atoms with Crippen molar-refractivity contribution in [2.75, 3.05) is 6.26 Å². The van der Waals surface area contributed by atoms with Crippen molar-refractivity contribution >= 4 is 27.7 Å². The number of halogens is 1. The average molecular weight is 304 g/mol. The monoisotopic (exact) mass is 303 g/mol. The van der Waals surface area contributed by atoms with Gasteiger partial charge in [-0.2, -0.15) is 11.8 Å². The molecule has 3 unspecified atom stereocenters. The van der Waals surface area contributed by atoms with Crippen molar-refractivity contribution in [1.29, 1.82) is 0 Å². The van der Waals surface area contributed by atoms with Crippen LogP contribution in [0, 0.1) is 0 Å². The standard InChI is InChI=1S/C12H18BrNOS/c1-8(12-11(13)5-6-15-12)14-9-3-4-10(7-9)16-2/h5-6,8-10,14H,3-4,7H2,1-2H3. The van der Waals surface area contributed by atoms with E-state index in [9.17, 15) is 0 Å². The topological polar surface area (TPSA) is 25.2 Å². The van der Waals surface area contributed by atoms with E-state index in [-0.39, 0.29) is 6.04 Å². The summed E-state index contributed by atoms with van der Waals surface area (Å²) in [5.74, 6) is 1.01. The Bertz CT molecular complexity index is 342. The molecule has 1 aliphatic carbocycles. The van der Waals surface area contributed by atoms with Gasteiger partial charge >= 0.3 is 0 Å². The molecule has 1 aromatic heterocycles. The van der Waals surface area contributed by atoms with Gasteiger partial charge in [-0.05, 0) is 54.4 Å². The van der Waals surface area contributed by atoms with E-state index in [1.54, 1.807) is 6.26 Å². The van der Waals surface area contributed by atoms with Crippen LogP contribution in [0.4, 0.5) is 0 Å². The number of furan rings is 1. The average Bonchev–Trinajstić information content (AvgIpc) is 2.86. The van der Waals surface area contributed by atoms with Crippen LogP contribution >= 0.6 is 27.7 Å². The van der Waals surface area contributed by atoms with Crippen molar-refractivity contribution in [3.63, 3.8) is 0 Å². The molecule has 1 saturated carbocycles. The van der Waals surface area contributed by atoms with Gasteiger partial charge in [0.25, 0.3) is 0 Å². The lowest BCUT2D eigenvalue weighted by molar-refractivity contribution is 0.388. The molecule has 1 aliphatic rings. The fourth-order valence-electron chi connectivity index (χ4n) is 2.35. The molecule has 0 aliphatic heterocycles. The van der Waals surface area contributed by atoms with E-state index in [2.05, 4.69) is 34.4 Å². The predicted octanol–water partition coefficient (Wildman–Crippen LogP) is 3.98. The molecule has 0 spiro atoms. The van der Waals surface area contributed by atoms with Crippen LogP contribution in [0.5, 0.6) is 0 Å². The van der Waals surface area contributed by atoms with Gasteiger partial charge in [0.1, 0.15) is 5.76 Å². The molecule has 2 nitrogen and oxygen atoms in total. The summed E-state index contributed by atoms with van der Waals surface area (Å²) in [4.78, 5) is 0. The molecule has 1 aromatic rings. The summed E-state index contributed by atoms with van der Waals surface area (Å²) in [7, 11) is 0. The highest BCUT2D eigenvalue weighted by Crippen LogP contribution is 2.31. The zero-order chi connectivity index (χ0) is 11.5. The van der Waals surface area contributed by atoms with Gasteiger partial charge in [0.2, 0.25) is 0 Å². The van der Waals surface area contributed by atoms with Crippen molar-refractivity contribution in [2.45, 2.75) is 43.5 Å². The summed E-state index contributed by atoms with van der Waals surface area (Å²) in [6.45, 7) is 2.16. The molecule has 3 atom stereocenters. The number of hydrogen-bond acceptors (Lipinski definition) is 3. The van der Waals surface area contributed by atoms with E-state index in [1.165, 1.54) is 19.3 Å². The van der Waals surface area contributed by atoms with Crippen LogP contribution in [0.3, 0.4) is 0 Å². The van der Waals surface area contributed by atoms with Crippen molar-refractivity contribution in [1.82, 2.24) is 5.32 Å². The second-order valence-corrected chi connectivity index (χ2v) is 6.38. The zero-order valence-corrected chi connectivity index (χ0v) is 12.1. The van der Waals surface area contributed by atoms with Gasteiger partial charge in [-0.25, -0.2) is 0 Å². The summed E-state index contributed by atoms with van der Waals surface area (Å²) in [5, 5.41) is 4.49. The molecule has 0 radical (unpaired) electrons. The van der Waals surface area contributed by atoms with Crippen molar-refractivity contribution < 1.29 is 4.42 Å². The number of thioether (sulfide) groups is 1. The Labute approximate surface area is 110 Å². The van der Waals surface area contributed by atoms with Gasteiger partial charge in [0.15, 0.2) is 0 Å². The largest absolute Gasteiger partial charge is 0.466 e. The summed E-state index contributed by atoms with van der Waals surface area (Å²) in [6, 6.07) is 2.88. The second kappa shape index (κ2) is 5.61. The van der Waals surface area contributed by atoms with Gasteiger partial charge in [0.05, 0.1) is 16.8 Å². The molecule has 1 heterocycles. The lowest BCUT2D eigenvalue weighted by Crippen LogP contribution is -2.29. The van der Waals surface area contributed by atoms with E-state index in [4.69, 9.17) is 4.42 Å². The maximum absolute atomic E-state index is 5.47. The zero-order valence-electron chi connectivity index (χ0n) is 9.70. The third-order valence-corrected chi connectivity index (χ3v) is 4.99. The Morgan fingerprint density at radius 1 is 1.56 bits per heavy atom. The highest BCUT2D eigenvalue weighted by Gasteiger charge is 2.26. The lowest BCUT2D eigenvalue weighted by atomic mass is 10.2. The van der Waals surface area contributed by atoms with Gasteiger partial charge in [0, 0.05) is 11.3 Å². The first-order valence-corrected chi connectivity index (χ1v) is 7.80. The molecular formula is C12H18BrNOS. The SMILES string of the molecule is CSC1CCC(NC(C)c2occc2Br)C1. The molecule has 0 amide bonds. The quantitative estimate of drug-likeness (QED) is 0.911. The minimum Gasteiger partial charge on any atom is -0.466 e. The van der Waals surface area contributed by atoms with Crippen LogP contribution in [0.1, 0.15) is 38.0 Å². The van der Waals surface area contributed by atoms with Crippen molar-refractivity contribution in [3.05, 3.63) is 22.6 Å². The molecular weight excluding hydrogens is 286 g/mol.